The minimum absolute atomic E-state index is 0.0467. The van der Waals surface area contributed by atoms with E-state index in [9.17, 15) is 4.79 Å². The Hall–Kier alpha value is -2.29. The smallest absolute Gasteiger partial charge is 0.221 e. The highest BCUT2D eigenvalue weighted by molar-refractivity contribution is 5.89. The van der Waals surface area contributed by atoms with E-state index in [1.165, 1.54) is 12.5 Å². The van der Waals surface area contributed by atoms with Gasteiger partial charge in [0.25, 0.3) is 0 Å². The van der Waals surface area contributed by atoms with Crippen LogP contribution in [0.4, 0.5) is 11.4 Å². The monoisotopic (exact) mass is 282 g/mol. The summed E-state index contributed by atoms with van der Waals surface area (Å²) in [7, 11) is 0. The van der Waals surface area contributed by atoms with Gasteiger partial charge in [-0.15, -0.1) is 0 Å². The molecule has 0 spiro atoms. The van der Waals surface area contributed by atoms with E-state index >= 15 is 0 Å². The van der Waals surface area contributed by atoms with Crippen LogP contribution >= 0.6 is 0 Å². The molecule has 0 bridgehead atoms. The Labute approximate surface area is 126 Å². The van der Waals surface area contributed by atoms with E-state index in [1.807, 2.05) is 25.1 Å². The lowest BCUT2D eigenvalue weighted by atomic mass is 10.0. The summed E-state index contributed by atoms with van der Waals surface area (Å²) in [6.07, 6.45) is 1.01. The van der Waals surface area contributed by atoms with E-state index in [0.717, 1.165) is 23.4 Å². The minimum Gasteiger partial charge on any atom is -0.378 e. The first-order chi connectivity index (χ1) is 10.1. The fourth-order valence-electron chi connectivity index (χ4n) is 2.39. The lowest BCUT2D eigenvalue weighted by Crippen LogP contribution is -2.11. The number of anilines is 2. The number of carbonyl (C=O) groups is 1. The van der Waals surface area contributed by atoms with Crippen molar-refractivity contribution in [1.29, 1.82) is 0 Å². The molecule has 110 valence electrons. The van der Waals surface area contributed by atoms with Gasteiger partial charge in [-0.05, 0) is 42.7 Å². The average Bonchev–Trinajstić information content (AvgIpc) is 2.48. The van der Waals surface area contributed by atoms with Crippen LogP contribution in [-0.2, 0) is 4.79 Å². The highest BCUT2D eigenvalue weighted by Gasteiger charge is 2.09. The van der Waals surface area contributed by atoms with Gasteiger partial charge in [0.05, 0.1) is 6.04 Å². The zero-order chi connectivity index (χ0) is 15.2. The van der Waals surface area contributed by atoms with Crippen molar-refractivity contribution in [3.63, 3.8) is 0 Å². The Bertz CT molecular complexity index is 608. The number of amides is 1. The third-order valence-corrected chi connectivity index (χ3v) is 3.49. The summed E-state index contributed by atoms with van der Waals surface area (Å²) in [5.41, 5.74) is 4.26. The third kappa shape index (κ3) is 4.09. The summed E-state index contributed by atoms with van der Waals surface area (Å²) < 4.78 is 0. The molecule has 2 aromatic rings. The van der Waals surface area contributed by atoms with Gasteiger partial charge in [0.2, 0.25) is 5.91 Å². The summed E-state index contributed by atoms with van der Waals surface area (Å²) in [4.78, 5) is 11.1. The molecule has 0 radical (unpaired) electrons. The maximum Gasteiger partial charge on any atom is 0.221 e. The van der Waals surface area contributed by atoms with Crippen LogP contribution in [0.5, 0.6) is 0 Å². The molecule has 2 aromatic carbocycles. The molecule has 0 aliphatic carbocycles. The molecule has 1 unspecified atom stereocenters. The minimum atomic E-state index is -0.0467. The topological polar surface area (TPSA) is 41.1 Å². The molecular formula is C18H22N2O. The molecule has 2 N–H and O–H groups in total. The number of hydrogen-bond donors (Lipinski definition) is 2. The third-order valence-electron chi connectivity index (χ3n) is 3.49. The molecule has 1 amide bonds. The van der Waals surface area contributed by atoms with Gasteiger partial charge in [0, 0.05) is 18.3 Å². The number of benzene rings is 2. The van der Waals surface area contributed by atoms with Crippen LogP contribution in [0.2, 0.25) is 0 Å². The van der Waals surface area contributed by atoms with Crippen LogP contribution in [0.1, 0.15) is 37.4 Å². The zero-order valence-corrected chi connectivity index (χ0v) is 12.8. The Morgan fingerprint density at radius 2 is 1.86 bits per heavy atom. The molecule has 2 rings (SSSR count). The van der Waals surface area contributed by atoms with Gasteiger partial charge < -0.3 is 10.6 Å². The van der Waals surface area contributed by atoms with Crippen molar-refractivity contribution in [2.24, 2.45) is 0 Å². The molecule has 0 fully saturated rings. The second kappa shape index (κ2) is 6.93. The predicted molar refractivity (Wildman–Crippen MR) is 88.6 cm³/mol. The largest absolute Gasteiger partial charge is 0.378 e. The first-order valence-electron chi connectivity index (χ1n) is 7.30. The van der Waals surface area contributed by atoms with Gasteiger partial charge in [-0.2, -0.15) is 0 Å². The van der Waals surface area contributed by atoms with Crippen molar-refractivity contribution < 1.29 is 4.79 Å². The molecule has 3 nitrogen and oxygen atoms in total. The summed E-state index contributed by atoms with van der Waals surface area (Å²) in [5.74, 6) is -0.0467. The van der Waals surface area contributed by atoms with Crippen molar-refractivity contribution in [2.45, 2.75) is 33.2 Å². The number of carbonyl (C=O) groups excluding carboxylic acids is 1. The lowest BCUT2D eigenvalue weighted by molar-refractivity contribution is -0.114. The molecule has 0 saturated heterocycles. The molecule has 0 aliphatic heterocycles. The van der Waals surface area contributed by atoms with Gasteiger partial charge in [0.1, 0.15) is 0 Å². The molecule has 3 heteroatoms. The second-order valence-electron chi connectivity index (χ2n) is 5.23. The number of aryl methyl sites for hydroxylation is 1. The molecular weight excluding hydrogens is 260 g/mol. The fraction of sp³-hybridized carbons (Fsp3) is 0.278. The Morgan fingerprint density at radius 1 is 1.14 bits per heavy atom. The number of nitrogens with one attached hydrogen (secondary N) is 2. The zero-order valence-electron chi connectivity index (χ0n) is 12.8. The van der Waals surface area contributed by atoms with Gasteiger partial charge in [-0.3, -0.25) is 4.79 Å². The van der Waals surface area contributed by atoms with Crippen LogP contribution in [0.3, 0.4) is 0 Å². The van der Waals surface area contributed by atoms with Gasteiger partial charge >= 0.3 is 0 Å². The van der Waals surface area contributed by atoms with E-state index in [-0.39, 0.29) is 11.9 Å². The molecule has 0 aromatic heterocycles. The number of rotatable bonds is 5. The maximum absolute atomic E-state index is 11.1. The van der Waals surface area contributed by atoms with Crippen molar-refractivity contribution in [3.8, 4) is 0 Å². The standard InChI is InChI=1S/C18H22N2O/c1-4-17(15-8-6-5-7-9-15)20-16-10-11-18(13(2)12-16)19-14(3)21/h5-12,17,20H,4H2,1-3H3,(H,19,21). The maximum atomic E-state index is 11.1. The SMILES string of the molecule is CCC(Nc1ccc(NC(C)=O)c(C)c1)c1ccccc1. The highest BCUT2D eigenvalue weighted by atomic mass is 16.1. The molecule has 1 atom stereocenters. The summed E-state index contributed by atoms with van der Waals surface area (Å²) in [6.45, 7) is 5.69. The van der Waals surface area contributed by atoms with Crippen molar-refractivity contribution in [2.75, 3.05) is 10.6 Å². The lowest BCUT2D eigenvalue weighted by Gasteiger charge is -2.19. The van der Waals surface area contributed by atoms with E-state index in [2.05, 4.69) is 47.9 Å². The van der Waals surface area contributed by atoms with E-state index in [1.54, 1.807) is 0 Å². The Balaban J connectivity index is 2.15. The average molecular weight is 282 g/mol. The summed E-state index contributed by atoms with van der Waals surface area (Å²) in [6, 6.07) is 16.7. The summed E-state index contributed by atoms with van der Waals surface area (Å²) in [5, 5.41) is 6.39. The first-order valence-corrected chi connectivity index (χ1v) is 7.30. The van der Waals surface area contributed by atoms with Crippen LogP contribution in [0, 0.1) is 6.92 Å². The highest BCUT2D eigenvalue weighted by Crippen LogP contribution is 2.25. The van der Waals surface area contributed by atoms with E-state index in [0.29, 0.717) is 0 Å². The van der Waals surface area contributed by atoms with E-state index < -0.39 is 0 Å². The van der Waals surface area contributed by atoms with Crippen LogP contribution < -0.4 is 10.6 Å². The van der Waals surface area contributed by atoms with Crippen LogP contribution in [0.25, 0.3) is 0 Å². The number of hydrogen-bond acceptors (Lipinski definition) is 2. The first kappa shape index (κ1) is 15.1. The second-order valence-corrected chi connectivity index (χ2v) is 5.23. The molecule has 0 saturated carbocycles. The quantitative estimate of drug-likeness (QED) is 0.846. The van der Waals surface area contributed by atoms with Crippen LogP contribution in [-0.4, -0.2) is 5.91 Å². The van der Waals surface area contributed by atoms with Gasteiger partial charge in [-0.25, -0.2) is 0 Å². The summed E-state index contributed by atoms with van der Waals surface area (Å²) >= 11 is 0. The van der Waals surface area contributed by atoms with E-state index in [4.69, 9.17) is 0 Å². The van der Waals surface area contributed by atoms with Crippen molar-refractivity contribution in [3.05, 3.63) is 59.7 Å². The predicted octanol–water partition coefficient (Wildman–Crippen LogP) is 4.52. The molecule has 0 heterocycles. The van der Waals surface area contributed by atoms with Crippen molar-refractivity contribution in [1.82, 2.24) is 0 Å². The van der Waals surface area contributed by atoms with Gasteiger partial charge in [-0.1, -0.05) is 37.3 Å². The Morgan fingerprint density at radius 3 is 2.43 bits per heavy atom. The molecule has 0 aliphatic rings. The van der Waals surface area contributed by atoms with Crippen LogP contribution in [0.15, 0.2) is 48.5 Å². The van der Waals surface area contributed by atoms with Gasteiger partial charge in [0.15, 0.2) is 0 Å². The Kier molecular flexibility index (Phi) is 4.99. The van der Waals surface area contributed by atoms with Crippen molar-refractivity contribution >= 4 is 17.3 Å². The molecule has 21 heavy (non-hydrogen) atoms. The fourth-order valence-corrected chi connectivity index (χ4v) is 2.39. The normalized spacial score (nSPS) is 11.8.